The average Bonchev–Trinajstić information content (AvgIpc) is 3.16. The highest BCUT2D eigenvalue weighted by molar-refractivity contribution is 6.42. The number of piperazine rings is 1. The number of rotatable bonds is 4. The molecule has 1 aliphatic carbocycles. The van der Waals surface area contributed by atoms with Crippen molar-refractivity contribution >= 4 is 23.2 Å². The first-order valence-corrected chi connectivity index (χ1v) is 10.6. The summed E-state index contributed by atoms with van der Waals surface area (Å²) < 4.78 is 0. The molecule has 3 atom stereocenters. The second-order valence-electron chi connectivity index (χ2n) is 7.83. The minimum absolute atomic E-state index is 0.647. The summed E-state index contributed by atoms with van der Waals surface area (Å²) in [5.74, 6) is 0. The molecule has 1 saturated carbocycles. The quantitative estimate of drug-likeness (QED) is 0.854. The Balaban J connectivity index is 1.45. The maximum atomic E-state index is 6.19. The van der Waals surface area contributed by atoms with E-state index in [1.165, 1.54) is 50.8 Å². The van der Waals surface area contributed by atoms with Crippen molar-refractivity contribution in [3.8, 4) is 0 Å². The van der Waals surface area contributed by atoms with Crippen molar-refractivity contribution in [2.45, 2.75) is 56.7 Å². The van der Waals surface area contributed by atoms with E-state index < -0.39 is 0 Å². The number of halogens is 2. The fraction of sp³-hybridized carbons (Fsp3) is 0.700. The normalized spacial score (nSPS) is 31.2. The Hall–Kier alpha value is -0.320. The summed E-state index contributed by atoms with van der Waals surface area (Å²) >= 11 is 12.2. The van der Waals surface area contributed by atoms with Gasteiger partial charge in [-0.15, -0.1) is 0 Å². The summed E-state index contributed by atoms with van der Waals surface area (Å²) in [7, 11) is 0. The van der Waals surface area contributed by atoms with Gasteiger partial charge in [0.1, 0.15) is 0 Å². The van der Waals surface area contributed by atoms with Crippen molar-refractivity contribution in [1.82, 2.24) is 15.1 Å². The van der Waals surface area contributed by atoms with Gasteiger partial charge in [-0.05, 0) is 62.9 Å². The molecule has 1 aromatic rings. The van der Waals surface area contributed by atoms with Crippen LogP contribution in [0.4, 0.5) is 0 Å². The van der Waals surface area contributed by atoms with Gasteiger partial charge in [0, 0.05) is 37.8 Å². The fourth-order valence-electron chi connectivity index (χ4n) is 5.12. The molecule has 4 rings (SSSR count). The zero-order valence-corrected chi connectivity index (χ0v) is 16.4. The van der Waals surface area contributed by atoms with Gasteiger partial charge in [0.25, 0.3) is 0 Å². The number of benzene rings is 1. The summed E-state index contributed by atoms with van der Waals surface area (Å²) in [6.07, 6.45) is 7.88. The zero-order chi connectivity index (χ0) is 17.2. The van der Waals surface area contributed by atoms with Gasteiger partial charge in [0.05, 0.1) is 10.0 Å². The van der Waals surface area contributed by atoms with Crippen LogP contribution >= 0.6 is 23.2 Å². The number of hydrogen-bond donors (Lipinski definition) is 1. The lowest BCUT2D eigenvalue weighted by molar-refractivity contribution is 0.0168. The number of hydrogen-bond acceptors (Lipinski definition) is 3. The fourth-order valence-corrected chi connectivity index (χ4v) is 5.44. The van der Waals surface area contributed by atoms with Crippen molar-refractivity contribution in [2.24, 2.45) is 0 Å². The second-order valence-corrected chi connectivity index (χ2v) is 8.64. The van der Waals surface area contributed by atoms with Gasteiger partial charge < -0.3 is 5.32 Å². The topological polar surface area (TPSA) is 18.5 Å². The Bertz CT molecular complexity index is 586. The molecule has 3 unspecified atom stereocenters. The summed E-state index contributed by atoms with van der Waals surface area (Å²) in [5.41, 5.74) is 1.29. The smallest absolute Gasteiger partial charge is 0.0595 e. The zero-order valence-electron chi connectivity index (χ0n) is 14.9. The van der Waals surface area contributed by atoms with Gasteiger partial charge in [-0.2, -0.15) is 0 Å². The Labute approximate surface area is 161 Å². The SMILES string of the molecule is Clc1ccc(CCN2CCNC3CCCC(N4CCCC4)C32)cc1Cl. The van der Waals surface area contributed by atoms with E-state index in [1.54, 1.807) is 0 Å². The van der Waals surface area contributed by atoms with Crippen LogP contribution in [-0.4, -0.2) is 60.6 Å². The van der Waals surface area contributed by atoms with Crippen LogP contribution in [0.25, 0.3) is 0 Å². The van der Waals surface area contributed by atoms with Crippen molar-refractivity contribution in [3.05, 3.63) is 33.8 Å². The van der Waals surface area contributed by atoms with Gasteiger partial charge in [-0.3, -0.25) is 9.80 Å². The average molecular weight is 382 g/mol. The van der Waals surface area contributed by atoms with Crippen molar-refractivity contribution in [1.29, 1.82) is 0 Å². The first kappa shape index (κ1) is 18.1. The number of nitrogens with zero attached hydrogens (tertiary/aromatic N) is 2. The highest BCUT2D eigenvalue weighted by Gasteiger charge is 2.42. The lowest BCUT2D eigenvalue weighted by Gasteiger charge is -2.51. The minimum atomic E-state index is 0.647. The Morgan fingerprint density at radius 3 is 2.64 bits per heavy atom. The highest BCUT2D eigenvalue weighted by atomic mass is 35.5. The molecule has 2 aliphatic heterocycles. The van der Waals surface area contributed by atoms with Crippen LogP contribution in [0.5, 0.6) is 0 Å². The van der Waals surface area contributed by atoms with Crippen molar-refractivity contribution < 1.29 is 0 Å². The van der Waals surface area contributed by atoms with Gasteiger partial charge in [-0.25, -0.2) is 0 Å². The van der Waals surface area contributed by atoms with E-state index in [2.05, 4.69) is 21.2 Å². The molecule has 0 bridgehead atoms. The standard InChI is InChI=1S/C20H29Cl2N3/c21-16-7-6-15(14-17(16)22)8-12-25-13-9-23-18-4-3-5-19(20(18)25)24-10-1-2-11-24/h6-7,14,18-20,23H,1-5,8-13H2. The molecule has 1 N–H and O–H groups in total. The molecule has 3 aliphatic rings. The molecule has 0 spiro atoms. The summed E-state index contributed by atoms with van der Waals surface area (Å²) in [5, 5.41) is 5.13. The van der Waals surface area contributed by atoms with Crippen LogP contribution in [-0.2, 0) is 6.42 Å². The monoisotopic (exact) mass is 381 g/mol. The Kier molecular flexibility index (Phi) is 5.88. The molecule has 0 radical (unpaired) electrons. The van der Waals surface area contributed by atoms with Gasteiger partial charge >= 0.3 is 0 Å². The first-order chi connectivity index (χ1) is 12.2. The maximum absolute atomic E-state index is 6.19. The molecular weight excluding hydrogens is 353 g/mol. The molecule has 5 heteroatoms. The van der Waals surface area contributed by atoms with Crippen molar-refractivity contribution in [3.63, 3.8) is 0 Å². The molecule has 2 saturated heterocycles. The highest BCUT2D eigenvalue weighted by Crippen LogP contribution is 2.31. The predicted molar refractivity (Wildman–Crippen MR) is 106 cm³/mol. The van der Waals surface area contributed by atoms with E-state index in [0.717, 1.165) is 32.1 Å². The molecule has 2 heterocycles. The summed E-state index contributed by atoms with van der Waals surface area (Å²) in [4.78, 5) is 5.53. The van der Waals surface area contributed by atoms with E-state index in [-0.39, 0.29) is 0 Å². The van der Waals surface area contributed by atoms with E-state index in [0.29, 0.717) is 22.1 Å². The molecule has 3 fully saturated rings. The van der Waals surface area contributed by atoms with Crippen LogP contribution in [0.15, 0.2) is 18.2 Å². The molecule has 138 valence electrons. The van der Waals surface area contributed by atoms with Gasteiger partial charge in [-0.1, -0.05) is 35.7 Å². The number of fused-ring (bicyclic) bond motifs is 1. The Morgan fingerprint density at radius 1 is 1.00 bits per heavy atom. The predicted octanol–water partition coefficient (Wildman–Crippen LogP) is 3.83. The van der Waals surface area contributed by atoms with Crippen LogP contribution < -0.4 is 5.32 Å². The minimum Gasteiger partial charge on any atom is -0.311 e. The van der Waals surface area contributed by atoms with E-state index in [9.17, 15) is 0 Å². The van der Waals surface area contributed by atoms with E-state index >= 15 is 0 Å². The molecule has 3 nitrogen and oxygen atoms in total. The van der Waals surface area contributed by atoms with Crippen molar-refractivity contribution in [2.75, 3.05) is 32.7 Å². The summed E-state index contributed by atoms with van der Waals surface area (Å²) in [6.45, 7) is 6.00. The van der Waals surface area contributed by atoms with E-state index in [4.69, 9.17) is 23.2 Å². The molecule has 25 heavy (non-hydrogen) atoms. The van der Waals surface area contributed by atoms with Crippen LogP contribution in [0.2, 0.25) is 10.0 Å². The van der Waals surface area contributed by atoms with Crippen LogP contribution in [0.1, 0.15) is 37.7 Å². The largest absolute Gasteiger partial charge is 0.311 e. The number of likely N-dealkylation sites (tertiary alicyclic amines) is 1. The van der Waals surface area contributed by atoms with Crippen LogP contribution in [0.3, 0.4) is 0 Å². The number of nitrogens with one attached hydrogen (secondary N) is 1. The summed E-state index contributed by atoms with van der Waals surface area (Å²) in [6, 6.07) is 8.15. The second kappa shape index (κ2) is 8.14. The lowest BCUT2D eigenvalue weighted by atomic mass is 9.82. The van der Waals surface area contributed by atoms with Gasteiger partial charge in [0.2, 0.25) is 0 Å². The third-order valence-corrected chi connectivity index (χ3v) is 7.07. The molecule has 1 aromatic carbocycles. The van der Waals surface area contributed by atoms with Crippen LogP contribution in [0, 0.1) is 0 Å². The van der Waals surface area contributed by atoms with Gasteiger partial charge in [0.15, 0.2) is 0 Å². The molecule has 0 aromatic heterocycles. The lowest BCUT2D eigenvalue weighted by Crippen LogP contribution is -2.66. The Morgan fingerprint density at radius 2 is 1.84 bits per heavy atom. The molecular formula is C20H29Cl2N3. The maximum Gasteiger partial charge on any atom is 0.0595 e. The molecule has 0 amide bonds. The third-order valence-electron chi connectivity index (χ3n) is 6.33. The third kappa shape index (κ3) is 4.01. The first-order valence-electron chi connectivity index (χ1n) is 9.88. The van der Waals surface area contributed by atoms with E-state index in [1.807, 2.05) is 12.1 Å².